The Bertz CT molecular complexity index is 412. The van der Waals surface area contributed by atoms with Gasteiger partial charge in [0.25, 0.3) is 0 Å². The minimum absolute atomic E-state index is 0. The molecule has 1 fully saturated rings. The van der Waals surface area contributed by atoms with Gasteiger partial charge in [-0.3, -0.25) is 4.79 Å². The normalized spacial score (nSPS) is 26.7. The van der Waals surface area contributed by atoms with Gasteiger partial charge in [0, 0.05) is 11.5 Å². The standard InChI is InChI=1S/C14H16NO.K/c16-14-12(7-10-5-6-15-9-10)8-11-3-1-2-4-13(11)14;/h1-4,10,12H,5-9H2;/q-1;+1. The first kappa shape index (κ1) is 13.9. The van der Waals surface area contributed by atoms with Crippen molar-refractivity contribution in [2.45, 2.75) is 19.3 Å². The fourth-order valence-corrected chi connectivity index (χ4v) is 2.94. The van der Waals surface area contributed by atoms with Gasteiger partial charge >= 0.3 is 51.4 Å². The van der Waals surface area contributed by atoms with E-state index in [0.717, 1.165) is 31.5 Å². The number of ketones is 1. The molecule has 0 bridgehead atoms. The van der Waals surface area contributed by atoms with Gasteiger partial charge in [-0.25, -0.2) is 0 Å². The maximum atomic E-state index is 12.2. The van der Waals surface area contributed by atoms with Crippen molar-refractivity contribution in [1.82, 2.24) is 0 Å². The molecule has 84 valence electrons. The molecule has 0 aromatic heterocycles. The summed E-state index contributed by atoms with van der Waals surface area (Å²) in [7, 11) is 0. The van der Waals surface area contributed by atoms with Crippen LogP contribution in [0, 0.1) is 11.8 Å². The first-order valence-corrected chi connectivity index (χ1v) is 6.10. The summed E-state index contributed by atoms with van der Waals surface area (Å²) in [5.74, 6) is 1.25. The van der Waals surface area contributed by atoms with Crippen LogP contribution in [-0.4, -0.2) is 18.9 Å². The molecule has 0 amide bonds. The van der Waals surface area contributed by atoms with E-state index in [2.05, 4.69) is 11.4 Å². The zero-order valence-electron chi connectivity index (χ0n) is 10.4. The molecule has 1 aliphatic carbocycles. The number of nitrogens with zero attached hydrogens (tertiary/aromatic N) is 1. The summed E-state index contributed by atoms with van der Waals surface area (Å²) < 4.78 is 0. The predicted octanol–water partition coefficient (Wildman–Crippen LogP) is -0.171. The summed E-state index contributed by atoms with van der Waals surface area (Å²) in [5, 5.41) is 4.37. The Balaban J connectivity index is 0.00000108. The third kappa shape index (κ3) is 2.91. The molecule has 1 aliphatic heterocycles. The van der Waals surface area contributed by atoms with Crippen LogP contribution in [0.4, 0.5) is 0 Å². The first-order chi connectivity index (χ1) is 7.84. The number of fused-ring (bicyclic) bond motifs is 1. The molecule has 1 aromatic carbocycles. The second-order valence-corrected chi connectivity index (χ2v) is 4.94. The van der Waals surface area contributed by atoms with Crippen molar-refractivity contribution < 1.29 is 56.2 Å². The zero-order chi connectivity index (χ0) is 11.0. The van der Waals surface area contributed by atoms with Crippen molar-refractivity contribution in [1.29, 1.82) is 0 Å². The van der Waals surface area contributed by atoms with Gasteiger partial charge in [0.2, 0.25) is 0 Å². The molecule has 1 saturated heterocycles. The van der Waals surface area contributed by atoms with Crippen LogP contribution in [0.5, 0.6) is 0 Å². The molecule has 17 heavy (non-hydrogen) atoms. The number of benzene rings is 1. The predicted molar refractivity (Wildman–Crippen MR) is 63.8 cm³/mol. The van der Waals surface area contributed by atoms with E-state index >= 15 is 0 Å². The average molecular weight is 253 g/mol. The molecule has 1 aromatic rings. The van der Waals surface area contributed by atoms with Gasteiger partial charge in [-0.05, 0) is 18.4 Å². The van der Waals surface area contributed by atoms with Gasteiger partial charge < -0.3 is 5.32 Å². The maximum absolute atomic E-state index is 12.2. The van der Waals surface area contributed by atoms with Crippen LogP contribution >= 0.6 is 0 Å². The maximum Gasteiger partial charge on any atom is 1.00 e. The summed E-state index contributed by atoms with van der Waals surface area (Å²) >= 11 is 0. The van der Waals surface area contributed by atoms with Crippen LogP contribution in [0.25, 0.3) is 5.32 Å². The molecule has 3 rings (SSSR count). The molecular weight excluding hydrogens is 237 g/mol. The van der Waals surface area contributed by atoms with Crippen LogP contribution in [0.2, 0.25) is 0 Å². The Morgan fingerprint density at radius 1 is 1.29 bits per heavy atom. The third-order valence-electron chi connectivity index (χ3n) is 3.82. The molecule has 0 N–H and O–H groups in total. The van der Waals surface area contributed by atoms with Crippen molar-refractivity contribution in [3.8, 4) is 0 Å². The van der Waals surface area contributed by atoms with Gasteiger partial charge in [0.15, 0.2) is 5.78 Å². The minimum atomic E-state index is 0. The number of carbonyl (C=O) groups is 1. The minimum Gasteiger partial charge on any atom is -0.662 e. The molecular formula is C14H16KNO. The summed E-state index contributed by atoms with van der Waals surface area (Å²) in [6.07, 6.45) is 3.17. The van der Waals surface area contributed by atoms with E-state index < -0.39 is 0 Å². The molecule has 0 saturated carbocycles. The van der Waals surface area contributed by atoms with Gasteiger partial charge in [0.1, 0.15) is 0 Å². The van der Waals surface area contributed by atoms with E-state index in [9.17, 15) is 4.79 Å². The number of Topliss-reactive ketones (excluding diaryl/α,β-unsaturated/α-hetero) is 1. The molecule has 2 unspecified atom stereocenters. The van der Waals surface area contributed by atoms with Crippen LogP contribution in [-0.2, 0) is 6.42 Å². The SMILES string of the molecule is O=C1c2ccccc2CC1CC1CC[N-]C1.[K+]. The Morgan fingerprint density at radius 3 is 2.82 bits per heavy atom. The van der Waals surface area contributed by atoms with Crippen LogP contribution < -0.4 is 51.4 Å². The molecule has 2 atom stereocenters. The quantitative estimate of drug-likeness (QED) is 0.673. The van der Waals surface area contributed by atoms with Crippen LogP contribution in [0.1, 0.15) is 28.8 Å². The van der Waals surface area contributed by atoms with Crippen molar-refractivity contribution in [2.75, 3.05) is 13.1 Å². The van der Waals surface area contributed by atoms with Crippen LogP contribution in [0.15, 0.2) is 24.3 Å². The van der Waals surface area contributed by atoms with Gasteiger partial charge in [-0.15, -0.1) is 13.1 Å². The van der Waals surface area contributed by atoms with Gasteiger partial charge in [0.05, 0.1) is 0 Å². The van der Waals surface area contributed by atoms with Gasteiger partial charge in [-0.1, -0.05) is 36.6 Å². The molecule has 2 aliphatic rings. The van der Waals surface area contributed by atoms with Crippen LogP contribution in [0.3, 0.4) is 0 Å². The second-order valence-electron chi connectivity index (χ2n) is 4.94. The van der Waals surface area contributed by atoms with Gasteiger partial charge in [-0.2, -0.15) is 0 Å². The number of carbonyl (C=O) groups excluding carboxylic acids is 1. The molecule has 2 nitrogen and oxygen atoms in total. The molecule has 1 heterocycles. The Hall–Kier alpha value is 0.486. The van der Waals surface area contributed by atoms with E-state index in [4.69, 9.17) is 0 Å². The fourth-order valence-electron chi connectivity index (χ4n) is 2.94. The van der Waals surface area contributed by atoms with Crippen molar-refractivity contribution in [2.24, 2.45) is 11.8 Å². The summed E-state index contributed by atoms with van der Waals surface area (Å²) in [4.78, 5) is 12.2. The Morgan fingerprint density at radius 2 is 2.12 bits per heavy atom. The van der Waals surface area contributed by atoms with Crippen molar-refractivity contribution >= 4 is 5.78 Å². The Labute approximate surface area is 145 Å². The Kier molecular flexibility index (Phi) is 4.98. The summed E-state index contributed by atoms with van der Waals surface area (Å²) in [6.45, 7) is 1.97. The number of rotatable bonds is 2. The molecule has 0 radical (unpaired) electrons. The smallest absolute Gasteiger partial charge is 0.662 e. The average Bonchev–Trinajstić information content (AvgIpc) is 2.90. The van der Waals surface area contributed by atoms with E-state index in [1.54, 1.807) is 0 Å². The zero-order valence-corrected chi connectivity index (χ0v) is 13.5. The summed E-state index contributed by atoms with van der Waals surface area (Å²) in [5.41, 5.74) is 2.20. The molecule has 3 heteroatoms. The number of hydrogen-bond donors (Lipinski definition) is 0. The second kappa shape index (κ2) is 6.09. The van der Waals surface area contributed by atoms with Crippen molar-refractivity contribution in [3.05, 3.63) is 40.7 Å². The summed E-state index contributed by atoms with van der Waals surface area (Å²) in [6, 6.07) is 8.05. The van der Waals surface area contributed by atoms with Crippen molar-refractivity contribution in [3.63, 3.8) is 0 Å². The third-order valence-corrected chi connectivity index (χ3v) is 3.82. The number of hydrogen-bond acceptors (Lipinski definition) is 1. The van der Waals surface area contributed by atoms with E-state index in [0.29, 0.717) is 11.7 Å². The fraction of sp³-hybridized carbons (Fsp3) is 0.500. The molecule has 0 spiro atoms. The van der Waals surface area contributed by atoms with E-state index in [1.807, 2.05) is 18.2 Å². The largest absolute Gasteiger partial charge is 1.00 e. The monoisotopic (exact) mass is 253 g/mol. The topological polar surface area (TPSA) is 31.2 Å². The van der Waals surface area contributed by atoms with E-state index in [-0.39, 0.29) is 57.3 Å². The first-order valence-electron chi connectivity index (χ1n) is 6.10. The van der Waals surface area contributed by atoms with E-state index in [1.165, 1.54) is 12.0 Å².